The van der Waals surface area contributed by atoms with Crippen LogP contribution in [0.15, 0.2) is 64.3 Å². The maximum Gasteiger partial charge on any atom is 0.407 e. The summed E-state index contributed by atoms with van der Waals surface area (Å²) in [6, 6.07) is 14.9. The average molecular weight is 779 g/mol. The van der Waals surface area contributed by atoms with E-state index in [1.807, 2.05) is 48.5 Å². The zero-order chi connectivity index (χ0) is 40.8. The summed E-state index contributed by atoms with van der Waals surface area (Å²) in [5.41, 5.74) is 1.48. The lowest BCUT2D eigenvalue weighted by Gasteiger charge is -2.22. The molecule has 1 heterocycles. The number of Topliss-reactive ketones (excluding diaryl/α,β-unsaturated/α-hetero) is 1. The number of aromatic nitrogens is 2. The number of alkyl carbamates (subject to hydrolysis) is 2. The number of hydrogen-bond acceptors (Lipinski definition) is 9. The Morgan fingerprint density at radius 3 is 2.09 bits per heavy atom. The average Bonchev–Trinajstić information content (AvgIpc) is 3.47. The van der Waals surface area contributed by atoms with E-state index in [0.29, 0.717) is 38.3 Å². The van der Waals surface area contributed by atoms with E-state index in [4.69, 9.17) is 9.47 Å². The Morgan fingerprint density at radius 2 is 1.46 bits per heavy atom. The summed E-state index contributed by atoms with van der Waals surface area (Å²) in [7, 11) is 1.46. The molecule has 0 bridgehead atoms. The van der Waals surface area contributed by atoms with Crippen LogP contribution in [-0.4, -0.2) is 77.7 Å². The van der Waals surface area contributed by atoms with E-state index in [1.54, 1.807) is 25.8 Å². The van der Waals surface area contributed by atoms with Gasteiger partial charge in [0.1, 0.15) is 18.8 Å². The van der Waals surface area contributed by atoms with Gasteiger partial charge in [0, 0.05) is 38.4 Å². The molecule has 0 saturated carbocycles. The minimum absolute atomic E-state index is 0.0521. The number of halogens is 1. The van der Waals surface area contributed by atoms with Crippen LogP contribution in [0.1, 0.15) is 82.8 Å². The molecule has 0 fully saturated rings. The van der Waals surface area contributed by atoms with Gasteiger partial charge in [0.25, 0.3) is 5.56 Å². The maximum absolute atomic E-state index is 13.8. The monoisotopic (exact) mass is 778 g/mol. The van der Waals surface area contributed by atoms with Gasteiger partial charge in [-0.1, -0.05) is 55.0 Å². The lowest BCUT2D eigenvalue weighted by molar-refractivity contribution is -0.130. The van der Waals surface area contributed by atoms with Gasteiger partial charge in [-0.15, -0.1) is 0 Å². The number of ketones is 1. The fourth-order valence-electron chi connectivity index (χ4n) is 6.54. The number of benzene rings is 2. The number of hydrogen-bond donors (Lipinski definition) is 5. The normalized spacial score (nSPS) is 13.1. The van der Waals surface area contributed by atoms with E-state index in [-0.39, 0.29) is 50.1 Å². The fraction of sp³-hybridized carbons (Fsp3) is 0.475. The van der Waals surface area contributed by atoms with E-state index in [9.17, 15) is 38.0 Å². The second-order valence-electron chi connectivity index (χ2n) is 14.6. The number of fused-ring (bicyclic) bond motifs is 3. The van der Waals surface area contributed by atoms with Crippen LogP contribution in [0.5, 0.6) is 0 Å². The van der Waals surface area contributed by atoms with Crippen molar-refractivity contribution in [1.82, 2.24) is 30.8 Å². The Bertz CT molecular complexity index is 1940. The molecular formula is C40H51FN6O9. The van der Waals surface area contributed by atoms with Crippen molar-refractivity contribution in [2.24, 2.45) is 5.92 Å². The Morgan fingerprint density at radius 1 is 0.857 bits per heavy atom. The van der Waals surface area contributed by atoms with Gasteiger partial charge in [-0.25, -0.2) is 14.4 Å². The lowest BCUT2D eigenvalue weighted by Crippen LogP contribution is -2.43. The summed E-state index contributed by atoms with van der Waals surface area (Å²) in [4.78, 5) is 89.1. The first kappa shape index (κ1) is 42.9. The minimum Gasteiger partial charge on any atom is -0.449 e. The number of ether oxygens (including phenoxy) is 2. The minimum atomic E-state index is -1.20. The molecule has 56 heavy (non-hydrogen) atoms. The summed E-state index contributed by atoms with van der Waals surface area (Å²) in [6.07, 6.45) is 1.50. The molecule has 1 aromatic heterocycles. The van der Waals surface area contributed by atoms with Crippen molar-refractivity contribution in [3.05, 3.63) is 92.5 Å². The molecule has 1 aliphatic rings. The molecule has 5 N–H and O–H groups in total. The third-order valence-electron chi connectivity index (χ3n) is 9.26. The molecule has 0 aliphatic heterocycles. The maximum atomic E-state index is 13.8. The highest BCUT2D eigenvalue weighted by Gasteiger charge is 2.31. The van der Waals surface area contributed by atoms with E-state index in [2.05, 4.69) is 21.3 Å². The number of carbonyl (C=O) groups excluding carboxylic acids is 5. The molecule has 15 nitrogen and oxygen atoms in total. The molecule has 3 aromatic rings. The van der Waals surface area contributed by atoms with Crippen molar-refractivity contribution in [2.45, 2.75) is 89.8 Å². The quantitative estimate of drug-likeness (QED) is 0.112. The van der Waals surface area contributed by atoms with Gasteiger partial charge < -0.3 is 30.7 Å². The molecular weight excluding hydrogens is 727 g/mol. The molecule has 0 saturated heterocycles. The van der Waals surface area contributed by atoms with E-state index in [0.717, 1.165) is 26.8 Å². The first-order chi connectivity index (χ1) is 26.7. The molecule has 4 amide bonds. The summed E-state index contributed by atoms with van der Waals surface area (Å²) < 4.78 is 25.3. The molecule has 1 aliphatic carbocycles. The largest absolute Gasteiger partial charge is 0.449 e. The smallest absolute Gasteiger partial charge is 0.407 e. The molecule has 4 rings (SSSR count). The Balaban J connectivity index is 1.33. The number of unbranched alkanes of at least 4 members (excludes halogenated alkanes) is 2. The Hall–Kier alpha value is -5.80. The molecule has 2 atom stereocenters. The van der Waals surface area contributed by atoms with Gasteiger partial charge in [-0.2, -0.15) is 4.39 Å². The zero-order valence-electron chi connectivity index (χ0n) is 32.2. The molecule has 302 valence electrons. The highest BCUT2D eigenvalue weighted by atomic mass is 19.1. The lowest BCUT2D eigenvalue weighted by atomic mass is 9.91. The highest BCUT2D eigenvalue weighted by Crippen LogP contribution is 2.44. The van der Waals surface area contributed by atoms with Gasteiger partial charge in [0.15, 0.2) is 5.78 Å². The van der Waals surface area contributed by atoms with Crippen molar-refractivity contribution in [2.75, 3.05) is 26.7 Å². The number of rotatable bonds is 19. The molecule has 0 radical (unpaired) electrons. The molecule has 0 spiro atoms. The third-order valence-corrected chi connectivity index (χ3v) is 9.26. The summed E-state index contributed by atoms with van der Waals surface area (Å²) in [5, 5.41) is 10.6. The summed E-state index contributed by atoms with van der Waals surface area (Å²) in [6.45, 7) is 5.29. The zero-order valence-corrected chi connectivity index (χ0v) is 32.2. The molecule has 16 heteroatoms. The standard InChI is InChI=1S/C40H51FN6O9/c1-40(2,3)56-38(53)44-20-12-10-18-32(45-39(54)55-24-30-28-16-7-5-14-26(28)27-15-6-8-17-29(27)30)33(48)21-25(35(50)42-4)13-9-11-19-43-34(49)23-47-22-31(41)36(51)46-37(47)52/h5-8,14-17,22,25,30,32H,9-13,18-21,23-24H2,1-4H3,(H,42,50)(H,43,49)(H,44,53)(H,45,54)(H,46,51,52)/t25-,32+/m1/s1. The number of nitrogens with zero attached hydrogens (tertiary/aromatic N) is 1. The number of carbonyl (C=O) groups is 5. The topological polar surface area (TPSA) is 207 Å². The van der Waals surface area contributed by atoms with Crippen molar-refractivity contribution < 1.29 is 37.8 Å². The number of amides is 4. The second-order valence-corrected chi connectivity index (χ2v) is 14.6. The van der Waals surface area contributed by atoms with Crippen molar-refractivity contribution in [3.63, 3.8) is 0 Å². The van der Waals surface area contributed by atoms with Gasteiger partial charge in [0.05, 0.1) is 12.2 Å². The number of H-pyrrole nitrogens is 1. The van der Waals surface area contributed by atoms with Crippen molar-refractivity contribution in [3.8, 4) is 11.1 Å². The van der Waals surface area contributed by atoms with Crippen molar-refractivity contribution in [1.29, 1.82) is 0 Å². The second kappa shape index (κ2) is 20.2. The van der Waals surface area contributed by atoms with Crippen molar-refractivity contribution >= 4 is 29.8 Å². The number of nitrogens with one attached hydrogen (secondary N) is 5. The first-order valence-corrected chi connectivity index (χ1v) is 18.8. The van der Waals surface area contributed by atoms with E-state index >= 15 is 0 Å². The number of aromatic amines is 1. The SMILES string of the molecule is CNC(=O)[C@H](CCCCNC(=O)Cn1cc(F)c(=O)[nH]c1=O)CC(=O)[C@H](CCCCNC(=O)OC(C)(C)C)NC(=O)OCC1c2ccccc2-c2ccccc21. The van der Waals surface area contributed by atoms with Crippen LogP contribution in [0.25, 0.3) is 11.1 Å². The summed E-state index contributed by atoms with van der Waals surface area (Å²) in [5.74, 6) is -3.41. The van der Waals surface area contributed by atoms with Gasteiger partial charge in [-0.3, -0.25) is 28.7 Å². The summed E-state index contributed by atoms with van der Waals surface area (Å²) >= 11 is 0. The van der Waals surface area contributed by atoms with E-state index < -0.39 is 59.3 Å². The third kappa shape index (κ3) is 12.6. The first-order valence-electron chi connectivity index (χ1n) is 18.8. The van der Waals surface area contributed by atoms with Gasteiger partial charge in [0.2, 0.25) is 17.6 Å². The van der Waals surface area contributed by atoms with E-state index in [1.165, 1.54) is 7.05 Å². The predicted octanol–water partition coefficient (Wildman–Crippen LogP) is 3.89. The highest BCUT2D eigenvalue weighted by molar-refractivity contribution is 5.91. The van der Waals surface area contributed by atoms with Crippen LogP contribution in [0.4, 0.5) is 14.0 Å². The Labute approximate surface area is 324 Å². The van der Waals surface area contributed by atoms with Crippen LogP contribution < -0.4 is 32.5 Å². The van der Waals surface area contributed by atoms with Gasteiger partial charge >= 0.3 is 17.9 Å². The van der Waals surface area contributed by atoms with Crippen LogP contribution in [0, 0.1) is 11.7 Å². The van der Waals surface area contributed by atoms with Crippen LogP contribution in [0.2, 0.25) is 0 Å². The van der Waals surface area contributed by atoms with Crippen LogP contribution in [0.3, 0.4) is 0 Å². The molecule has 0 unspecified atom stereocenters. The van der Waals surface area contributed by atoms with Crippen LogP contribution in [-0.2, 0) is 30.4 Å². The molecule has 2 aromatic carbocycles. The van der Waals surface area contributed by atoms with Gasteiger partial charge in [-0.05, 0) is 75.1 Å². The predicted molar refractivity (Wildman–Crippen MR) is 205 cm³/mol. The fourth-order valence-corrected chi connectivity index (χ4v) is 6.54. The Kier molecular flexibility index (Phi) is 15.5. The van der Waals surface area contributed by atoms with Crippen LogP contribution >= 0.6 is 0 Å².